The fraction of sp³-hybridized carbons (Fsp3) is 0.200. The lowest BCUT2D eigenvalue weighted by Gasteiger charge is -2.15. The zero-order valence-corrected chi connectivity index (χ0v) is 12.4. The van der Waals surface area contributed by atoms with Gasteiger partial charge < -0.3 is 10.5 Å². The van der Waals surface area contributed by atoms with E-state index in [4.69, 9.17) is 33.7 Å². The summed E-state index contributed by atoms with van der Waals surface area (Å²) >= 11 is 12.1. The second-order valence-electron chi connectivity index (χ2n) is 4.46. The predicted octanol–water partition coefficient (Wildman–Crippen LogP) is 4.73. The molecule has 0 saturated carbocycles. The minimum absolute atomic E-state index is 0.198. The molecule has 5 heteroatoms. The molecular formula is C15H14Cl2FNO. The second kappa shape index (κ2) is 6.44. The van der Waals surface area contributed by atoms with Crippen molar-refractivity contribution in [3.8, 4) is 5.75 Å². The molecule has 0 radical (unpaired) electrons. The summed E-state index contributed by atoms with van der Waals surface area (Å²) in [5, 5.41) is 1.06. The van der Waals surface area contributed by atoms with Crippen LogP contribution in [0.2, 0.25) is 10.0 Å². The van der Waals surface area contributed by atoms with Crippen LogP contribution in [0.4, 0.5) is 4.39 Å². The largest absolute Gasteiger partial charge is 0.488 e. The van der Waals surface area contributed by atoms with E-state index in [0.29, 0.717) is 26.9 Å². The molecule has 0 bridgehead atoms. The number of nitrogens with two attached hydrogens (primary N) is 1. The minimum atomic E-state index is -0.347. The number of ether oxygens (including phenoxy) is 1. The molecular weight excluding hydrogens is 300 g/mol. The summed E-state index contributed by atoms with van der Waals surface area (Å²) in [4.78, 5) is 0. The van der Waals surface area contributed by atoms with Crippen molar-refractivity contribution in [3.63, 3.8) is 0 Å². The molecule has 2 aromatic rings. The molecule has 0 aliphatic rings. The molecule has 0 heterocycles. The van der Waals surface area contributed by atoms with Crippen LogP contribution in [0.3, 0.4) is 0 Å². The smallest absolute Gasteiger partial charge is 0.124 e. The van der Waals surface area contributed by atoms with Gasteiger partial charge in [-0.15, -0.1) is 0 Å². The Labute approximate surface area is 127 Å². The lowest BCUT2D eigenvalue weighted by molar-refractivity contribution is 0.301. The third-order valence-corrected chi connectivity index (χ3v) is 3.60. The van der Waals surface area contributed by atoms with Gasteiger partial charge in [0.1, 0.15) is 18.2 Å². The summed E-state index contributed by atoms with van der Waals surface area (Å²) in [5.41, 5.74) is 7.11. The van der Waals surface area contributed by atoms with Crippen molar-refractivity contribution >= 4 is 23.2 Å². The Kier molecular flexibility index (Phi) is 4.86. The standard InChI is InChI=1S/C15H14Cl2FNO/c1-9(19)11-7-10(18)5-6-15(11)20-8-12-13(16)3-2-4-14(12)17/h2-7,9H,8,19H2,1H3/t9-/m1/s1. The molecule has 2 N–H and O–H groups in total. The Morgan fingerprint density at radius 3 is 2.45 bits per heavy atom. The zero-order valence-electron chi connectivity index (χ0n) is 10.9. The average Bonchev–Trinajstić information content (AvgIpc) is 2.39. The number of hydrogen-bond acceptors (Lipinski definition) is 2. The predicted molar refractivity (Wildman–Crippen MR) is 79.8 cm³/mol. The van der Waals surface area contributed by atoms with Crippen molar-refractivity contribution in [2.24, 2.45) is 5.73 Å². The van der Waals surface area contributed by atoms with Crippen LogP contribution in [0.15, 0.2) is 36.4 Å². The second-order valence-corrected chi connectivity index (χ2v) is 5.27. The van der Waals surface area contributed by atoms with Crippen molar-refractivity contribution in [2.75, 3.05) is 0 Å². The van der Waals surface area contributed by atoms with Crippen LogP contribution in [0.1, 0.15) is 24.1 Å². The SMILES string of the molecule is C[C@@H](N)c1cc(F)ccc1OCc1c(Cl)cccc1Cl. The van der Waals surface area contributed by atoms with Gasteiger partial charge in [0, 0.05) is 27.2 Å². The van der Waals surface area contributed by atoms with E-state index in [2.05, 4.69) is 0 Å². The monoisotopic (exact) mass is 313 g/mol. The normalized spacial score (nSPS) is 12.2. The van der Waals surface area contributed by atoms with E-state index in [1.807, 2.05) is 0 Å². The molecule has 0 fully saturated rings. The third-order valence-electron chi connectivity index (χ3n) is 2.90. The Bertz CT molecular complexity index is 597. The Hall–Kier alpha value is -1.29. The van der Waals surface area contributed by atoms with Crippen LogP contribution in [-0.4, -0.2) is 0 Å². The van der Waals surface area contributed by atoms with Crippen molar-refractivity contribution in [1.29, 1.82) is 0 Å². The molecule has 2 aromatic carbocycles. The van der Waals surface area contributed by atoms with Gasteiger partial charge in [0.05, 0.1) is 0 Å². The van der Waals surface area contributed by atoms with Crippen LogP contribution in [0.25, 0.3) is 0 Å². The van der Waals surface area contributed by atoms with Gasteiger partial charge in [-0.2, -0.15) is 0 Å². The van der Waals surface area contributed by atoms with E-state index in [1.54, 1.807) is 31.2 Å². The highest BCUT2D eigenvalue weighted by Crippen LogP contribution is 2.29. The van der Waals surface area contributed by atoms with Crippen LogP contribution in [-0.2, 0) is 6.61 Å². The quantitative estimate of drug-likeness (QED) is 0.885. The molecule has 2 nitrogen and oxygen atoms in total. The topological polar surface area (TPSA) is 35.2 Å². The molecule has 0 spiro atoms. The van der Waals surface area contributed by atoms with Crippen molar-refractivity contribution in [3.05, 3.63) is 63.4 Å². The summed E-state index contributed by atoms with van der Waals surface area (Å²) in [6, 6.07) is 9.16. The molecule has 0 aromatic heterocycles. The maximum absolute atomic E-state index is 13.2. The Morgan fingerprint density at radius 1 is 1.20 bits per heavy atom. The van der Waals surface area contributed by atoms with Gasteiger partial charge >= 0.3 is 0 Å². The van der Waals surface area contributed by atoms with Crippen LogP contribution >= 0.6 is 23.2 Å². The molecule has 20 heavy (non-hydrogen) atoms. The molecule has 1 atom stereocenters. The van der Waals surface area contributed by atoms with Crippen LogP contribution in [0, 0.1) is 5.82 Å². The first-order valence-corrected chi connectivity index (χ1v) is 6.85. The van der Waals surface area contributed by atoms with Gasteiger partial charge in [-0.25, -0.2) is 4.39 Å². The summed E-state index contributed by atoms with van der Waals surface area (Å²) in [5.74, 6) is 0.179. The number of halogens is 3. The Balaban J connectivity index is 2.23. The van der Waals surface area contributed by atoms with E-state index in [-0.39, 0.29) is 18.5 Å². The van der Waals surface area contributed by atoms with Gasteiger partial charge in [0.15, 0.2) is 0 Å². The summed E-state index contributed by atoms with van der Waals surface area (Å²) in [6.45, 7) is 1.97. The van der Waals surface area contributed by atoms with Gasteiger partial charge in [0.2, 0.25) is 0 Å². The number of hydrogen-bond donors (Lipinski definition) is 1. The maximum atomic E-state index is 13.2. The number of benzene rings is 2. The molecule has 2 rings (SSSR count). The van der Waals surface area contributed by atoms with Crippen molar-refractivity contribution < 1.29 is 9.13 Å². The highest BCUT2D eigenvalue weighted by molar-refractivity contribution is 6.35. The summed E-state index contributed by atoms with van der Waals surface area (Å²) in [6.07, 6.45) is 0. The Morgan fingerprint density at radius 2 is 1.85 bits per heavy atom. The molecule has 0 aliphatic carbocycles. The van der Waals surface area contributed by atoms with Gasteiger partial charge in [-0.1, -0.05) is 29.3 Å². The molecule has 0 aliphatic heterocycles. The molecule has 0 unspecified atom stereocenters. The first-order valence-electron chi connectivity index (χ1n) is 6.09. The van der Waals surface area contributed by atoms with E-state index in [0.717, 1.165) is 0 Å². The highest BCUT2D eigenvalue weighted by Gasteiger charge is 2.12. The first kappa shape index (κ1) is 15.1. The fourth-order valence-electron chi connectivity index (χ4n) is 1.83. The maximum Gasteiger partial charge on any atom is 0.124 e. The summed E-state index contributed by atoms with van der Waals surface area (Å²) in [7, 11) is 0. The van der Waals surface area contributed by atoms with E-state index >= 15 is 0 Å². The fourth-order valence-corrected chi connectivity index (χ4v) is 2.33. The highest BCUT2D eigenvalue weighted by atomic mass is 35.5. The number of rotatable bonds is 4. The average molecular weight is 314 g/mol. The van der Waals surface area contributed by atoms with E-state index < -0.39 is 0 Å². The molecule has 106 valence electrons. The third kappa shape index (κ3) is 3.42. The van der Waals surface area contributed by atoms with Crippen LogP contribution in [0.5, 0.6) is 5.75 Å². The molecule has 0 saturated heterocycles. The lowest BCUT2D eigenvalue weighted by Crippen LogP contribution is -2.09. The zero-order chi connectivity index (χ0) is 14.7. The molecule has 0 amide bonds. The van der Waals surface area contributed by atoms with Gasteiger partial charge in [-0.05, 0) is 37.3 Å². The lowest BCUT2D eigenvalue weighted by atomic mass is 10.1. The van der Waals surface area contributed by atoms with Crippen molar-refractivity contribution in [2.45, 2.75) is 19.6 Å². The van der Waals surface area contributed by atoms with E-state index in [9.17, 15) is 4.39 Å². The van der Waals surface area contributed by atoms with Crippen molar-refractivity contribution in [1.82, 2.24) is 0 Å². The first-order chi connectivity index (χ1) is 9.49. The van der Waals surface area contributed by atoms with Crippen LogP contribution < -0.4 is 10.5 Å². The summed E-state index contributed by atoms with van der Waals surface area (Å²) < 4.78 is 18.9. The van der Waals surface area contributed by atoms with E-state index in [1.165, 1.54) is 12.1 Å². The van der Waals surface area contributed by atoms with Gasteiger partial charge in [-0.3, -0.25) is 0 Å². The van der Waals surface area contributed by atoms with Gasteiger partial charge in [0.25, 0.3) is 0 Å². The minimum Gasteiger partial charge on any atom is -0.488 e.